The van der Waals surface area contributed by atoms with Gasteiger partial charge in [-0.3, -0.25) is 9.69 Å². The second-order valence-electron chi connectivity index (χ2n) is 6.04. The predicted octanol–water partition coefficient (Wildman–Crippen LogP) is -0.485. The molecule has 1 aromatic carbocycles. The summed E-state index contributed by atoms with van der Waals surface area (Å²) in [6, 6.07) is 3.56. The topological polar surface area (TPSA) is 60.2 Å². The number of carbonyl (C=O) groups excluding carboxylic acids is 1. The molecule has 0 radical (unpaired) electrons. The van der Waals surface area contributed by atoms with Crippen molar-refractivity contribution < 1.29 is 24.3 Å². The van der Waals surface area contributed by atoms with Crippen LogP contribution in [-0.2, 0) is 9.53 Å². The predicted molar refractivity (Wildman–Crippen MR) is 88.5 cm³/mol. The fourth-order valence-electron chi connectivity index (χ4n) is 3.47. The number of ether oxygens (including phenoxy) is 2. The third kappa shape index (κ3) is 2.17. The zero-order chi connectivity index (χ0) is 16.8. The maximum absolute atomic E-state index is 12.0. The second-order valence-corrected chi connectivity index (χ2v) is 6.04. The van der Waals surface area contributed by atoms with Gasteiger partial charge in [-0.2, -0.15) is 0 Å². The normalized spacial score (nSPS) is 21.4. The maximum atomic E-state index is 12.0. The molecule has 5 nitrogen and oxygen atoms in total. The lowest BCUT2D eigenvalue weighted by Gasteiger charge is -2.28. The van der Waals surface area contributed by atoms with Gasteiger partial charge in [-0.05, 0) is 35.1 Å². The van der Waals surface area contributed by atoms with Gasteiger partial charge in [0.25, 0.3) is 0 Å². The van der Waals surface area contributed by atoms with Crippen LogP contribution in [0.4, 0.5) is 0 Å². The highest BCUT2D eigenvalue weighted by molar-refractivity contribution is 6.05. The quantitative estimate of drug-likeness (QED) is 0.771. The Hall–Kier alpha value is -2.79. The molecule has 24 heavy (non-hydrogen) atoms. The number of allylic oxidation sites excluding steroid dienone is 4. The highest BCUT2D eigenvalue weighted by Crippen LogP contribution is 2.28. The van der Waals surface area contributed by atoms with E-state index in [4.69, 9.17) is 9.47 Å². The number of methoxy groups -OCH3 is 2. The van der Waals surface area contributed by atoms with Gasteiger partial charge >= 0.3 is 0 Å². The summed E-state index contributed by atoms with van der Waals surface area (Å²) < 4.78 is 10.4. The zero-order valence-electron chi connectivity index (χ0n) is 13.6. The van der Waals surface area contributed by atoms with E-state index in [-0.39, 0.29) is 11.5 Å². The highest BCUT2D eigenvalue weighted by Gasteiger charge is 2.30. The van der Waals surface area contributed by atoms with E-state index in [0.29, 0.717) is 11.5 Å². The van der Waals surface area contributed by atoms with E-state index < -0.39 is 0 Å². The fraction of sp³-hybridized carbons (Fsp3) is 0.211. The molecule has 4 rings (SSSR count). The lowest BCUT2D eigenvalue weighted by molar-refractivity contribution is -0.771. The van der Waals surface area contributed by atoms with E-state index in [1.807, 2.05) is 12.1 Å². The molecule has 0 spiro atoms. The number of aromatic hydroxyl groups is 1. The van der Waals surface area contributed by atoms with Gasteiger partial charge in [-0.15, -0.1) is 0 Å². The smallest absolute Gasteiger partial charge is 0.220 e. The first-order valence-corrected chi connectivity index (χ1v) is 7.82. The first-order chi connectivity index (χ1) is 11.6. The summed E-state index contributed by atoms with van der Waals surface area (Å²) in [5.41, 5.74) is 3.20. The van der Waals surface area contributed by atoms with Gasteiger partial charge < -0.3 is 14.6 Å². The number of nitrogens with one attached hydrogen (secondary N) is 1. The molecule has 0 amide bonds. The molecule has 1 aliphatic carbocycles. The minimum Gasteiger partial charge on any atom is -0.504 e. The number of rotatable bonds is 2. The number of quaternary nitrogens is 1. The lowest BCUT2D eigenvalue weighted by Crippen LogP contribution is -3.07. The standard InChI is InChI=1S/C19H17NO4/c1-23-18-8-12-5-15-14-9-19(24-2)16(21)6-11(14)3-4-20(15)10-13(12)7-17(18)22/h5-10,22H,3-4H2,1-2H3/p+1. The van der Waals surface area contributed by atoms with Crippen LogP contribution in [0.15, 0.2) is 46.9 Å². The number of hydrogen-bond acceptors (Lipinski definition) is 4. The highest BCUT2D eigenvalue weighted by atomic mass is 16.5. The van der Waals surface area contributed by atoms with Crippen molar-refractivity contribution in [1.29, 1.82) is 0 Å². The Bertz CT molecular complexity index is 966. The molecule has 2 aliphatic heterocycles. The summed E-state index contributed by atoms with van der Waals surface area (Å²) in [5.74, 6) is 0.877. The van der Waals surface area contributed by atoms with Crippen LogP contribution in [0.5, 0.6) is 11.5 Å². The minimum atomic E-state index is -0.0768. The maximum Gasteiger partial charge on any atom is 0.220 e. The molecule has 0 bridgehead atoms. The Balaban J connectivity index is 1.96. The SMILES string of the molecule is COC1=CC2=C3C=c4cc(OC)c(O)cc4=C[NH+]3CCC2=CC1=O. The van der Waals surface area contributed by atoms with E-state index in [2.05, 4.69) is 12.3 Å². The van der Waals surface area contributed by atoms with Crippen molar-refractivity contribution in [3.05, 3.63) is 57.3 Å². The number of hydrogen-bond donors (Lipinski definition) is 2. The summed E-state index contributed by atoms with van der Waals surface area (Å²) >= 11 is 0. The molecule has 0 fully saturated rings. The van der Waals surface area contributed by atoms with Gasteiger partial charge in [-0.1, -0.05) is 0 Å². The van der Waals surface area contributed by atoms with Crippen molar-refractivity contribution in [3.63, 3.8) is 0 Å². The average Bonchev–Trinajstić information content (AvgIpc) is 2.58. The number of phenolic OH excluding ortho intramolecular Hbond substituents is 1. The van der Waals surface area contributed by atoms with Crippen LogP contribution in [0.25, 0.3) is 12.3 Å². The molecule has 1 unspecified atom stereocenters. The molecule has 1 aromatic rings. The van der Waals surface area contributed by atoms with Gasteiger partial charge in [0, 0.05) is 23.3 Å². The van der Waals surface area contributed by atoms with E-state index in [1.54, 1.807) is 12.1 Å². The van der Waals surface area contributed by atoms with Gasteiger partial charge in [0.1, 0.15) is 11.9 Å². The van der Waals surface area contributed by atoms with Crippen LogP contribution in [0.3, 0.4) is 0 Å². The third-order valence-corrected chi connectivity index (χ3v) is 4.70. The Morgan fingerprint density at radius 1 is 1.08 bits per heavy atom. The van der Waals surface area contributed by atoms with Crippen molar-refractivity contribution in [1.82, 2.24) is 0 Å². The molecule has 0 saturated carbocycles. The fourth-order valence-corrected chi connectivity index (χ4v) is 3.47. The Kier molecular flexibility index (Phi) is 3.32. The largest absolute Gasteiger partial charge is 0.504 e. The Labute approximate surface area is 139 Å². The Morgan fingerprint density at radius 2 is 1.92 bits per heavy atom. The van der Waals surface area contributed by atoms with Crippen LogP contribution in [-0.4, -0.2) is 31.7 Å². The number of fused-ring (bicyclic) bond motifs is 3. The molecule has 3 aliphatic rings. The van der Waals surface area contributed by atoms with Crippen LogP contribution < -0.4 is 20.1 Å². The van der Waals surface area contributed by atoms with Crippen molar-refractivity contribution in [2.24, 2.45) is 0 Å². The van der Waals surface area contributed by atoms with Crippen LogP contribution in [0.2, 0.25) is 0 Å². The van der Waals surface area contributed by atoms with Gasteiger partial charge in [0.2, 0.25) is 5.78 Å². The summed E-state index contributed by atoms with van der Waals surface area (Å²) in [4.78, 5) is 13.2. The molecule has 122 valence electrons. The van der Waals surface area contributed by atoms with E-state index in [9.17, 15) is 9.90 Å². The number of phenols is 1. The first-order valence-electron chi connectivity index (χ1n) is 7.82. The molecule has 2 N–H and O–H groups in total. The van der Waals surface area contributed by atoms with E-state index in [1.165, 1.54) is 19.1 Å². The molecular formula is C19H18NO4+. The first kappa shape index (κ1) is 14.8. The summed E-state index contributed by atoms with van der Waals surface area (Å²) in [6.07, 6.45) is 8.53. The lowest BCUT2D eigenvalue weighted by atomic mass is 9.89. The zero-order valence-corrected chi connectivity index (χ0v) is 13.6. The van der Waals surface area contributed by atoms with Crippen molar-refractivity contribution >= 4 is 18.1 Å². The average molecular weight is 324 g/mol. The van der Waals surface area contributed by atoms with Crippen molar-refractivity contribution in [3.8, 4) is 11.5 Å². The molecule has 0 aromatic heterocycles. The summed E-state index contributed by atoms with van der Waals surface area (Å²) in [5, 5.41) is 12.0. The van der Waals surface area contributed by atoms with Crippen molar-refractivity contribution in [2.45, 2.75) is 6.42 Å². The monoisotopic (exact) mass is 324 g/mol. The summed E-state index contributed by atoms with van der Waals surface area (Å²) in [7, 11) is 3.05. The number of benzene rings is 1. The van der Waals surface area contributed by atoms with Gasteiger partial charge in [0.15, 0.2) is 17.3 Å². The van der Waals surface area contributed by atoms with Gasteiger partial charge in [-0.25, -0.2) is 0 Å². The molecule has 5 heteroatoms. The molecular weight excluding hydrogens is 306 g/mol. The second kappa shape index (κ2) is 5.39. The molecule has 2 heterocycles. The number of carbonyl (C=O) groups is 1. The van der Waals surface area contributed by atoms with Crippen LogP contribution >= 0.6 is 0 Å². The summed E-state index contributed by atoms with van der Waals surface area (Å²) in [6.45, 7) is 0.872. The van der Waals surface area contributed by atoms with Crippen molar-refractivity contribution in [2.75, 3.05) is 20.8 Å². The van der Waals surface area contributed by atoms with Gasteiger partial charge in [0.05, 0.1) is 20.8 Å². The number of ketones is 1. The third-order valence-electron chi connectivity index (χ3n) is 4.70. The van der Waals surface area contributed by atoms with Crippen LogP contribution in [0, 0.1) is 0 Å². The van der Waals surface area contributed by atoms with E-state index >= 15 is 0 Å². The van der Waals surface area contributed by atoms with E-state index in [0.717, 1.165) is 40.2 Å². The van der Waals surface area contributed by atoms with Crippen LogP contribution in [0.1, 0.15) is 6.42 Å². The minimum absolute atomic E-state index is 0.0768. The Morgan fingerprint density at radius 3 is 2.67 bits per heavy atom. The molecule has 1 atom stereocenters. The molecule has 0 saturated heterocycles.